The zero-order valence-electron chi connectivity index (χ0n) is 12.0. The van der Waals surface area contributed by atoms with Crippen molar-refractivity contribution in [3.8, 4) is 0 Å². The first-order valence-corrected chi connectivity index (χ1v) is 7.33. The summed E-state index contributed by atoms with van der Waals surface area (Å²) in [4.78, 5) is 25.2. The van der Waals surface area contributed by atoms with E-state index in [0.717, 1.165) is 18.4 Å². The summed E-state index contributed by atoms with van der Waals surface area (Å²) in [5.41, 5.74) is 0.919. The molecular formula is C15H19ClN2O3. The van der Waals surface area contributed by atoms with Crippen molar-refractivity contribution in [2.24, 2.45) is 0 Å². The van der Waals surface area contributed by atoms with Gasteiger partial charge in [-0.3, -0.25) is 4.79 Å². The van der Waals surface area contributed by atoms with Crippen LogP contribution in [0.25, 0.3) is 0 Å². The second-order valence-electron chi connectivity index (χ2n) is 5.10. The lowest BCUT2D eigenvalue weighted by molar-refractivity contribution is -0.131. The smallest absolute Gasteiger partial charge is 0.407 e. The number of hydrogen-bond acceptors (Lipinski definition) is 3. The Balaban J connectivity index is 1.82. The van der Waals surface area contributed by atoms with Crippen LogP contribution in [-0.4, -0.2) is 43.1 Å². The Morgan fingerprint density at radius 1 is 1.38 bits per heavy atom. The minimum Gasteiger partial charge on any atom is -0.453 e. The first-order valence-electron chi connectivity index (χ1n) is 6.95. The molecule has 1 heterocycles. The number of hydrogen-bond donors (Lipinski definition) is 1. The molecule has 1 N–H and O–H groups in total. The van der Waals surface area contributed by atoms with E-state index in [1.165, 1.54) is 7.11 Å². The zero-order valence-corrected chi connectivity index (χ0v) is 12.7. The topological polar surface area (TPSA) is 58.6 Å². The third-order valence-electron chi connectivity index (χ3n) is 3.60. The number of alkyl carbamates (subject to hydrolysis) is 1. The van der Waals surface area contributed by atoms with Gasteiger partial charge in [0.25, 0.3) is 0 Å². The zero-order chi connectivity index (χ0) is 15.2. The lowest BCUT2D eigenvalue weighted by Crippen LogP contribution is -2.46. The van der Waals surface area contributed by atoms with E-state index in [9.17, 15) is 9.59 Å². The SMILES string of the molecule is COC(=O)NC1CCN(C(=O)Cc2cccc(Cl)c2)CC1. The molecule has 0 bridgehead atoms. The second kappa shape index (κ2) is 7.31. The Kier molecular flexibility index (Phi) is 5.44. The maximum absolute atomic E-state index is 12.2. The average Bonchev–Trinajstić information content (AvgIpc) is 2.47. The summed E-state index contributed by atoms with van der Waals surface area (Å²) in [7, 11) is 1.35. The van der Waals surface area contributed by atoms with E-state index in [0.29, 0.717) is 24.5 Å². The van der Waals surface area contributed by atoms with Crippen molar-refractivity contribution in [1.82, 2.24) is 10.2 Å². The van der Waals surface area contributed by atoms with Gasteiger partial charge in [-0.15, -0.1) is 0 Å². The van der Waals surface area contributed by atoms with Crippen LogP contribution in [0.2, 0.25) is 5.02 Å². The van der Waals surface area contributed by atoms with Crippen molar-refractivity contribution in [2.75, 3.05) is 20.2 Å². The van der Waals surface area contributed by atoms with Crippen molar-refractivity contribution in [3.63, 3.8) is 0 Å². The van der Waals surface area contributed by atoms with Gasteiger partial charge >= 0.3 is 6.09 Å². The third-order valence-corrected chi connectivity index (χ3v) is 3.83. The molecule has 0 atom stereocenters. The van der Waals surface area contributed by atoms with E-state index >= 15 is 0 Å². The highest BCUT2D eigenvalue weighted by molar-refractivity contribution is 6.30. The molecule has 0 unspecified atom stereocenters. The summed E-state index contributed by atoms with van der Waals surface area (Å²) in [5, 5.41) is 3.41. The number of amides is 2. The van der Waals surface area contributed by atoms with Gasteiger partial charge in [0, 0.05) is 24.2 Å². The summed E-state index contributed by atoms with van der Waals surface area (Å²) in [5.74, 6) is 0.0915. The van der Waals surface area contributed by atoms with Crippen LogP contribution < -0.4 is 5.32 Å². The molecule has 0 aromatic heterocycles. The molecule has 1 aliphatic heterocycles. The molecule has 21 heavy (non-hydrogen) atoms. The first-order chi connectivity index (χ1) is 10.1. The number of nitrogens with one attached hydrogen (secondary N) is 1. The largest absolute Gasteiger partial charge is 0.453 e. The van der Waals surface area contributed by atoms with E-state index in [2.05, 4.69) is 10.1 Å². The molecular weight excluding hydrogens is 292 g/mol. The Labute approximate surface area is 129 Å². The van der Waals surface area contributed by atoms with Crippen molar-refractivity contribution in [1.29, 1.82) is 0 Å². The molecule has 1 aromatic carbocycles. The van der Waals surface area contributed by atoms with E-state index in [1.54, 1.807) is 6.07 Å². The van der Waals surface area contributed by atoms with Crippen molar-refractivity contribution >= 4 is 23.6 Å². The molecule has 1 fully saturated rings. The number of carbonyl (C=O) groups excluding carboxylic acids is 2. The standard InChI is InChI=1S/C15H19ClN2O3/c1-21-15(20)17-13-5-7-18(8-6-13)14(19)10-11-3-2-4-12(16)9-11/h2-4,9,13H,5-8,10H2,1H3,(H,17,20). The normalized spacial score (nSPS) is 15.6. The number of likely N-dealkylation sites (tertiary alicyclic amines) is 1. The molecule has 0 radical (unpaired) electrons. The number of piperidine rings is 1. The number of ether oxygens (including phenoxy) is 1. The van der Waals surface area contributed by atoms with Gasteiger partial charge in [-0.05, 0) is 30.5 Å². The van der Waals surface area contributed by atoms with Gasteiger partial charge in [0.2, 0.25) is 5.91 Å². The monoisotopic (exact) mass is 310 g/mol. The Bertz CT molecular complexity index is 513. The molecule has 5 nitrogen and oxygen atoms in total. The highest BCUT2D eigenvalue weighted by Crippen LogP contribution is 2.15. The summed E-state index contributed by atoms with van der Waals surface area (Å²) in [6.45, 7) is 1.29. The van der Waals surface area contributed by atoms with E-state index in [4.69, 9.17) is 11.6 Å². The average molecular weight is 311 g/mol. The van der Waals surface area contributed by atoms with E-state index < -0.39 is 6.09 Å². The Morgan fingerprint density at radius 2 is 2.10 bits per heavy atom. The lowest BCUT2D eigenvalue weighted by atomic mass is 10.0. The molecule has 1 saturated heterocycles. The fourth-order valence-corrected chi connectivity index (χ4v) is 2.65. The van der Waals surface area contributed by atoms with Crippen LogP contribution in [0.15, 0.2) is 24.3 Å². The van der Waals surface area contributed by atoms with Crippen LogP contribution in [0, 0.1) is 0 Å². The van der Waals surface area contributed by atoms with Gasteiger partial charge in [-0.1, -0.05) is 23.7 Å². The maximum Gasteiger partial charge on any atom is 0.407 e. The molecule has 1 aliphatic rings. The van der Waals surface area contributed by atoms with Crippen molar-refractivity contribution in [3.05, 3.63) is 34.9 Å². The van der Waals surface area contributed by atoms with Gasteiger partial charge in [-0.25, -0.2) is 4.79 Å². The van der Waals surface area contributed by atoms with Crippen molar-refractivity contribution in [2.45, 2.75) is 25.3 Å². The number of rotatable bonds is 3. The van der Waals surface area contributed by atoms with Crippen LogP contribution in [0.5, 0.6) is 0 Å². The number of carbonyl (C=O) groups is 2. The molecule has 0 saturated carbocycles. The van der Waals surface area contributed by atoms with Crippen LogP contribution in [0.3, 0.4) is 0 Å². The van der Waals surface area contributed by atoms with Gasteiger partial charge in [-0.2, -0.15) is 0 Å². The van der Waals surface area contributed by atoms with Gasteiger partial charge in [0.1, 0.15) is 0 Å². The fourth-order valence-electron chi connectivity index (χ4n) is 2.43. The maximum atomic E-state index is 12.2. The summed E-state index contributed by atoms with van der Waals surface area (Å²) >= 11 is 5.92. The molecule has 0 spiro atoms. The second-order valence-corrected chi connectivity index (χ2v) is 5.53. The minimum atomic E-state index is -0.418. The summed E-state index contributed by atoms with van der Waals surface area (Å²) < 4.78 is 4.57. The molecule has 6 heteroatoms. The van der Waals surface area contributed by atoms with Gasteiger partial charge in [0.15, 0.2) is 0 Å². The number of nitrogens with zero attached hydrogens (tertiary/aromatic N) is 1. The fraction of sp³-hybridized carbons (Fsp3) is 0.467. The number of methoxy groups -OCH3 is 1. The molecule has 2 amide bonds. The van der Waals surface area contributed by atoms with Crippen LogP contribution >= 0.6 is 11.6 Å². The highest BCUT2D eigenvalue weighted by atomic mass is 35.5. The van der Waals surface area contributed by atoms with Gasteiger partial charge < -0.3 is 15.0 Å². The predicted octanol–water partition coefficient (Wildman–Crippen LogP) is 2.23. The molecule has 114 valence electrons. The number of benzene rings is 1. The Morgan fingerprint density at radius 3 is 2.71 bits per heavy atom. The van der Waals surface area contributed by atoms with Crippen LogP contribution in [-0.2, 0) is 16.0 Å². The van der Waals surface area contributed by atoms with Crippen LogP contribution in [0.1, 0.15) is 18.4 Å². The van der Waals surface area contributed by atoms with E-state index in [1.807, 2.05) is 23.1 Å². The summed E-state index contributed by atoms with van der Waals surface area (Å²) in [6.07, 6.45) is 1.43. The predicted molar refractivity (Wildman–Crippen MR) is 80.3 cm³/mol. The lowest BCUT2D eigenvalue weighted by Gasteiger charge is -2.32. The highest BCUT2D eigenvalue weighted by Gasteiger charge is 2.23. The van der Waals surface area contributed by atoms with Crippen molar-refractivity contribution < 1.29 is 14.3 Å². The minimum absolute atomic E-state index is 0.0765. The molecule has 0 aliphatic carbocycles. The number of halogens is 1. The molecule has 1 aromatic rings. The quantitative estimate of drug-likeness (QED) is 0.931. The van der Waals surface area contributed by atoms with Crippen LogP contribution in [0.4, 0.5) is 4.79 Å². The molecule has 2 rings (SSSR count). The summed E-state index contributed by atoms with van der Waals surface area (Å²) in [6, 6.07) is 7.42. The Hall–Kier alpha value is -1.75. The van der Waals surface area contributed by atoms with Gasteiger partial charge in [0.05, 0.1) is 13.5 Å². The third kappa shape index (κ3) is 4.63. The first kappa shape index (κ1) is 15.6. The van der Waals surface area contributed by atoms with E-state index in [-0.39, 0.29) is 11.9 Å².